The molecule has 3 aromatic heterocycles. The van der Waals surface area contributed by atoms with Crippen LogP contribution in [0.5, 0.6) is 5.75 Å². The highest BCUT2D eigenvalue weighted by atomic mass is 35.5. The topological polar surface area (TPSA) is 155 Å². The molecule has 0 unspecified atom stereocenters. The lowest BCUT2D eigenvalue weighted by atomic mass is 10.1. The first-order valence-electron chi connectivity index (χ1n) is 18.0. The molecule has 7 rings (SSSR count). The number of aromatic nitrogens is 6. The predicted molar refractivity (Wildman–Crippen MR) is 199 cm³/mol. The number of anilines is 2. The lowest BCUT2D eigenvalue weighted by Crippen LogP contribution is -2.50. The molecular weight excluding hydrogens is 760 g/mol. The SMILES string of the molecule is CCc1c(N2CCN(C(=O)c3ncnc(C)c3O)CC2)c(=O)c2nn(-c3ccc(CN4CCCC4)c(F)c3)nc2n1CC(=O)Nc1ccc(C(F)(F)F)cc1Cl. The van der Waals surface area contributed by atoms with Gasteiger partial charge in [-0.3, -0.25) is 19.3 Å². The van der Waals surface area contributed by atoms with Gasteiger partial charge in [-0.1, -0.05) is 24.6 Å². The minimum Gasteiger partial charge on any atom is -0.504 e. The molecule has 2 saturated heterocycles. The van der Waals surface area contributed by atoms with Crippen molar-refractivity contribution < 1.29 is 32.3 Å². The zero-order valence-electron chi connectivity index (χ0n) is 30.4. The lowest BCUT2D eigenvalue weighted by molar-refractivity contribution is -0.137. The van der Waals surface area contributed by atoms with E-state index >= 15 is 4.39 Å². The highest BCUT2D eigenvalue weighted by molar-refractivity contribution is 6.33. The third kappa shape index (κ3) is 7.62. The fourth-order valence-corrected chi connectivity index (χ4v) is 7.33. The molecule has 5 aromatic rings. The summed E-state index contributed by atoms with van der Waals surface area (Å²) in [6, 6.07) is 7.15. The first-order chi connectivity index (χ1) is 26.7. The summed E-state index contributed by atoms with van der Waals surface area (Å²) < 4.78 is 56.7. The number of nitrogens with zero attached hydrogens (tertiary/aromatic N) is 9. The number of rotatable bonds is 9. The predicted octanol–water partition coefficient (Wildman–Crippen LogP) is 4.96. The number of pyridine rings is 1. The zero-order chi connectivity index (χ0) is 39.9. The van der Waals surface area contributed by atoms with Crippen molar-refractivity contribution in [2.24, 2.45) is 0 Å². The molecule has 5 heterocycles. The molecule has 2 fully saturated rings. The summed E-state index contributed by atoms with van der Waals surface area (Å²) in [5, 5.41) is 21.7. The minimum atomic E-state index is -4.64. The summed E-state index contributed by atoms with van der Waals surface area (Å²) in [4.78, 5) is 55.7. The average Bonchev–Trinajstić information content (AvgIpc) is 3.86. The number of aromatic hydroxyl groups is 1. The number of hydrogen-bond acceptors (Lipinski definition) is 10. The van der Waals surface area contributed by atoms with Crippen molar-refractivity contribution in [2.45, 2.75) is 52.4 Å². The molecule has 2 aromatic carbocycles. The lowest BCUT2D eigenvalue weighted by Gasteiger charge is -2.36. The van der Waals surface area contributed by atoms with Gasteiger partial charge in [0.25, 0.3) is 5.91 Å². The normalized spacial score (nSPS) is 15.2. The van der Waals surface area contributed by atoms with Gasteiger partial charge in [0.15, 0.2) is 22.6 Å². The molecule has 2 aliphatic rings. The third-order valence-corrected chi connectivity index (χ3v) is 10.4. The first-order valence-corrected chi connectivity index (χ1v) is 18.4. The Morgan fingerprint density at radius 2 is 1.71 bits per heavy atom. The Kier molecular flexibility index (Phi) is 10.7. The molecule has 0 saturated carbocycles. The molecule has 0 bridgehead atoms. The van der Waals surface area contributed by atoms with Crippen LogP contribution in [0.25, 0.3) is 16.9 Å². The average molecular weight is 797 g/mol. The van der Waals surface area contributed by atoms with Gasteiger partial charge in [-0.2, -0.15) is 13.2 Å². The van der Waals surface area contributed by atoms with E-state index in [9.17, 15) is 32.7 Å². The van der Waals surface area contributed by atoms with Crippen LogP contribution in [0.3, 0.4) is 0 Å². The van der Waals surface area contributed by atoms with Crippen LogP contribution >= 0.6 is 11.6 Å². The number of likely N-dealkylation sites (tertiary alicyclic amines) is 1. The van der Waals surface area contributed by atoms with Gasteiger partial charge in [0, 0.05) is 50.0 Å². The van der Waals surface area contributed by atoms with Gasteiger partial charge in [0.05, 0.1) is 27.7 Å². The van der Waals surface area contributed by atoms with Gasteiger partial charge in [0.2, 0.25) is 11.3 Å². The molecule has 14 nitrogen and oxygen atoms in total. The van der Waals surface area contributed by atoms with Crippen LogP contribution in [-0.4, -0.2) is 95.5 Å². The Hall–Kier alpha value is -5.62. The van der Waals surface area contributed by atoms with Crippen molar-refractivity contribution in [1.82, 2.24) is 39.3 Å². The van der Waals surface area contributed by atoms with Crippen LogP contribution in [-0.2, 0) is 30.5 Å². The maximum absolute atomic E-state index is 15.4. The molecule has 0 radical (unpaired) electrons. The maximum atomic E-state index is 15.4. The van der Waals surface area contributed by atoms with Gasteiger partial charge in [0.1, 0.15) is 24.4 Å². The Balaban J connectivity index is 1.24. The molecule has 2 amide bonds. The van der Waals surface area contributed by atoms with Crippen molar-refractivity contribution in [3.05, 3.63) is 92.0 Å². The number of carbonyl (C=O) groups is 2. The first kappa shape index (κ1) is 38.6. The van der Waals surface area contributed by atoms with E-state index in [1.54, 1.807) is 30.9 Å². The molecule has 2 N–H and O–H groups in total. The number of amides is 2. The van der Waals surface area contributed by atoms with Crippen LogP contribution in [0.1, 0.15) is 52.8 Å². The second kappa shape index (κ2) is 15.5. The summed E-state index contributed by atoms with van der Waals surface area (Å²) in [5.41, 5.74) is -0.153. The van der Waals surface area contributed by atoms with Gasteiger partial charge in [-0.15, -0.1) is 15.0 Å². The van der Waals surface area contributed by atoms with Crippen LogP contribution in [0.2, 0.25) is 5.02 Å². The second-order valence-corrected chi connectivity index (χ2v) is 14.1. The van der Waals surface area contributed by atoms with Gasteiger partial charge >= 0.3 is 6.18 Å². The number of fused-ring (bicyclic) bond motifs is 1. The van der Waals surface area contributed by atoms with Crippen molar-refractivity contribution >= 4 is 46.0 Å². The van der Waals surface area contributed by atoms with Crippen molar-refractivity contribution in [1.29, 1.82) is 0 Å². The summed E-state index contributed by atoms with van der Waals surface area (Å²) in [6.07, 6.45) is -1.11. The van der Waals surface area contributed by atoms with E-state index in [4.69, 9.17) is 11.6 Å². The molecule has 19 heteroatoms. The third-order valence-electron chi connectivity index (χ3n) is 10.0. The smallest absolute Gasteiger partial charge is 0.416 e. The highest BCUT2D eigenvalue weighted by Crippen LogP contribution is 2.34. The molecule has 294 valence electrons. The van der Waals surface area contributed by atoms with Crippen LogP contribution in [0.15, 0.2) is 47.5 Å². The van der Waals surface area contributed by atoms with E-state index in [0.717, 1.165) is 42.9 Å². The van der Waals surface area contributed by atoms with Gasteiger partial charge < -0.3 is 24.8 Å². The van der Waals surface area contributed by atoms with Gasteiger partial charge in [-0.05, 0) is 63.5 Å². The number of halogens is 5. The summed E-state index contributed by atoms with van der Waals surface area (Å²) >= 11 is 6.14. The number of alkyl halides is 3. The van der Waals surface area contributed by atoms with Crippen molar-refractivity contribution in [2.75, 3.05) is 49.5 Å². The van der Waals surface area contributed by atoms with Crippen LogP contribution < -0.4 is 15.6 Å². The quantitative estimate of drug-likeness (QED) is 0.196. The zero-order valence-corrected chi connectivity index (χ0v) is 31.2. The van der Waals surface area contributed by atoms with Gasteiger partial charge in [-0.25, -0.2) is 14.4 Å². The maximum Gasteiger partial charge on any atom is 0.416 e. The van der Waals surface area contributed by atoms with E-state index in [1.807, 2.05) is 0 Å². The molecular formula is C37H37ClF4N10O4. The monoisotopic (exact) mass is 796 g/mol. The van der Waals surface area contributed by atoms with Crippen LogP contribution in [0, 0.1) is 12.7 Å². The van der Waals surface area contributed by atoms with E-state index in [-0.39, 0.29) is 83.0 Å². The summed E-state index contributed by atoms with van der Waals surface area (Å²) in [6.45, 7) is 5.80. The van der Waals surface area contributed by atoms with Crippen molar-refractivity contribution in [3.8, 4) is 11.4 Å². The van der Waals surface area contributed by atoms with Crippen molar-refractivity contribution in [3.63, 3.8) is 0 Å². The Morgan fingerprint density at radius 3 is 2.38 bits per heavy atom. The van der Waals surface area contributed by atoms with E-state index in [2.05, 4.69) is 30.4 Å². The number of hydrogen-bond donors (Lipinski definition) is 2. The molecule has 2 aliphatic heterocycles. The highest BCUT2D eigenvalue weighted by Gasteiger charge is 2.32. The largest absolute Gasteiger partial charge is 0.504 e. The Morgan fingerprint density at radius 1 is 0.982 bits per heavy atom. The number of benzene rings is 2. The van der Waals surface area contributed by atoms with Crippen LogP contribution in [0.4, 0.5) is 28.9 Å². The van der Waals surface area contributed by atoms with E-state index < -0.39 is 41.3 Å². The summed E-state index contributed by atoms with van der Waals surface area (Å²) in [7, 11) is 0. The van der Waals surface area contributed by atoms with E-state index in [0.29, 0.717) is 23.9 Å². The fraction of sp³-hybridized carbons (Fsp3) is 0.378. The summed E-state index contributed by atoms with van der Waals surface area (Å²) in [5.74, 6) is -1.97. The molecule has 0 atom stereocenters. The Bertz CT molecular complexity index is 2390. The standard InChI is InChI=1S/C37H37ClF4N10O4/c1-3-28-32(49-12-14-50(15-13-49)36(56)31-33(54)21(2)43-20-44-31)34(55)30-35(51(28)19-29(53)45-27-9-7-23(16-25(27)38)37(40,41)42)47-52(46-30)24-8-6-22(26(39)17-24)18-48-10-4-5-11-48/h6-9,16-17,20,54H,3-5,10-15,18-19H2,1-2H3,(H,45,53). The molecule has 0 spiro atoms. The Labute approximate surface area is 322 Å². The van der Waals surface area contributed by atoms with E-state index in [1.165, 1.54) is 21.9 Å². The molecule has 0 aliphatic carbocycles. The second-order valence-electron chi connectivity index (χ2n) is 13.7. The number of carbonyl (C=O) groups excluding carboxylic acids is 2. The molecule has 56 heavy (non-hydrogen) atoms. The number of piperazine rings is 1. The fourth-order valence-electron chi connectivity index (χ4n) is 7.10. The minimum absolute atomic E-state index is 0.0224. The number of nitrogens with one attached hydrogen (secondary N) is 1. The number of aryl methyl sites for hydroxylation is 1.